The number of hydrogen-bond donors (Lipinski definition) is 2. The lowest BCUT2D eigenvalue weighted by Gasteiger charge is -2.38. The van der Waals surface area contributed by atoms with Gasteiger partial charge in [-0.3, -0.25) is 4.90 Å². The molecule has 6 nitrogen and oxygen atoms in total. The third-order valence-corrected chi connectivity index (χ3v) is 8.60. The molecule has 0 aromatic carbocycles. The van der Waals surface area contributed by atoms with Crippen LogP contribution < -0.4 is 0 Å². The molecule has 1 rings (SSSR count). The number of carboxylic acids is 1. The molecule has 2 atom stereocenters. The number of hydrogen-bond acceptors (Lipinski definition) is 3. The molecular formula is C12H23NO5Si. The highest BCUT2D eigenvalue weighted by Crippen LogP contribution is 2.38. The van der Waals surface area contributed by atoms with Crippen LogP contribution in [-0.2, 0) is 9.22 Å². The molecule has 0 aliphatic carbocycles. The van der Waals surface area contributed by atoms with Gasteiger partial charge < -0.3 is 14.6 Å². The van der Waals surface area contributed by atoms with Crippen molar-refractivity contribution in [3.05, 3.63) is 0 Å². The van der Waals surface area contributed by atoms with Gasteiger partial charge in [-0.2, -0.15) is 0 Å². The number of carbonyl (C=O) groups is 2. The fourth-order valence-corrected chi connectivity index (χ4v) is 3.28. The summed E-state index contributed by atoms with van der Waals surface area (Å²) in [5, 5.41) is 18.1. The number of nitrogens with zero attached hydrogens (tertiary/aromatic N) is 1. The summed E-state index contributed by atoms with van der Waals surface area (Å²) in [6.07, 6.45) is -1.29. The van der Waals surface area contributed by atoms with Crippen LogP contribution in [0.2, 0.25) is 18.1 Å². The standard InChI is InChI=1S/C12H23NO5Si/c1-12(2,3)19(4,5)18-8-6-9(10(14)15)13(7-8)11(16)17/h8-9H,6-7H2,1-5H3,(H,14,15)(H,16,17)/t8-,9-/m0/s1. The molecule has 1 heterocycles. The van der Waals surface area contributed by atoms with Crippen molar-refractivity contribution in [1.29, 1.82) is 0 Å². The molecule has 0 spiro atoms. The van der Waals surface area contributed by atoms with Crippen molar-refractivity contribution in [1.82, 2.24) is 4.90 Å². The van der Waals surface area contributed by atoms with Crippen molar-refractivity contribution in [3.8, 4) is 0 Å². The van der Waals surface area contributed by atoms with E-state index in [2.05, 4.69) is 33.9 Å². The van der Waals surface area contributed by atoms with Crippen molar-refractivity contribution in [3.63, 3.8) is 0 Å². The Balaban J connectivity index is 2.79. The highest BCUT2D eigenvalue weighted by molar-refractivity contribution is 6.74. The molecule has 1 amide bonds. The largest absolute Gasteiger partial charge is 0.480 e. The van der Waals surface area contributed by atoms with E-state index in [1.807, 2.05) is 0 Å². The highest BCUT2D eigenvalue weighted by Gasteiger charge is 2.45. The summed E-state index contributed by atoms with van der Waals surface area (Å²) < 4.78 is 6.09. The van der Waals surface area contributed by atoms with Gasteiger partial charge in [-0.25, -0.2) is 9.59 Å². The minimum atomic E-state index is -2.01. The smallest absolute Gasteiger partial charge is 0.408 e. The minimum Gasteiger partial charge on any atom is -0.480 e. The van der Waals surface area contributed by atoms with E-state index >= 15 is 0 Å². The molecule has 1 fully saturated rings. The number of likely N-dealkylation sites (tertiary alicyclic amines) is 1. The second-order valence-electron chi connectivity index (χ2n) is 6.52. The molecule has 110 valence electrons. The van der Waals surface area contributed by atoms with E-state index < -0.39 is 26.4 Å². The molecule has 0 saturated carbocycles. The van der Waals surface area contributed by atoms with Gasteiger partial charge in [0.1, 0.15) is 6.04 Å². The second kappa shape index (κ2) is 5.13. The average molecular weight is 289 g/mol. The molecule has 0 aromatic heterocycles. The first kappa shape index (κ1) is 16.0. The van der Waals surface area contributed by atoms with Crippen LogP contribution in [0.3, 0.4) is 0 Å². The zero-order valence-electron chi connectivity index (χ0n) is 12.1. The Morgan fingerprint density at radius 1 is 1.26 bits per heavy atom. The lowest BCUT2D eigenvalue weighted by molar-refractivity contribution is -0.141. The van der Waals surface area contributed by atoms with E-state index in [9.17, 15) is 9.59 Å². The van der Waals surface area contributed by atoms with Gasteiger partial charge in [-0.1, -0.05) is 20.8 Å². The topological polar surface area (TPSA) is 87.1 Å². The van der Waals surface area contributed by atoms with Gasteiger partial charge in [-0.05, 0) is 18.1 Å². The fraction of sp³-hybridized carbons (Fsp3) is 0.833. The maximum Gasteiger partial charge on any atom is 0.408 e. The van der Waals surface area contributed by atoms with E-state index in [-0.39, 0.29) is 24.1 Å². The Labute approximate surface area is 114 Å². The summed E-state index contributed by atoms with van der Waals surface area (Å²) in [5.74, 6) is -1.11. The number of rotatable bonds is 3. The molecule has 1 aliphatic rings. The number of amides is 1. The van der Waals surface area contributed by atoms with Crippen molar-refractivity contribution in [2.75, 3.05) is 6.54 Å². The predicted octanol–water partition coefficient (Wildman–Crippen LogP) is 2.21. The van der Waals surface area contributed by atoms with Gasteiger partial charge in [0.2, 0.25) is 0 Å². The molecule has 0 aromatic rings. The van der Waals surface area contributed by atoms with Crippen LogP contribution in [-0.4, -0.2) is 54.2 Å². The molecule has 0 unspecified atom stereocenters. The van der Waals surface area contributed by atoms with E-state index in [0.717, 1.165) is 4.90 Å². The van der Waals surface area contributed by atoms with Crippen LogP contribution in [0.1, 0.15) is 27.2 Å². The van der Waals surface area contributed by atoms with Gasteiger partial charge in [0.15, 0.2) is 8.32 Å². The SMILES string of the molecule is CC(C)(C)[Si](C)(C)O[C@H]1C[C@@H](C(=O)O)N(C(=O)O)C1. The molecule has 7 heteroatoms. The van der Waals surface area contributed by atoms with Crippen molar-refractivity contribution in [2.45, 2.75) is 57.5 Å². The van der Waals surface area contributed by atoms with Gasteiger partial charge in [0, 0.05) is 13.0 Å². The van der Waals surface area contributed by atoms with Crippen LogP contribution in [0.25, 0.3) is 0 Å². The third kappa shape index (κ3) is 3.47. The van der Waals surface area contributed by atoms with E-state index in [0.29, 0.717) is 0 Å². The summed E-state index contributed by atoms with van der Waals surface area (Å²) in [6.45, 7) is 10.6. The number of aliphatic carboxylic acids is 1. The first-order valence-electron chi connectivity index (χ1n) is 6.36. The molecular weight excluding hydrogens is 266 g/mol. The normalized spacial score (nSPS) is 24.6. The van der Waals surface area contributed by atoms with Crippen molar-refractivity contribution < 1.29 is 24.2 Å². The van der Waals surface area contributed by atoms with Gasteiger partial charge in [0.05, 0.1) is 6.10 Å². The van der Waals surface area contributed by atoms with Gasteiger partial charge in [-0.15, -0.1) is 0 Å². The van der Waals surface area contributed by atoms with Crippen molar-refractivity contribution >= 4 is 20.4 Å². The maximum atomic E-state index is 11.1. The Morgan fingerprint density at radius 2 is 1.79 bits per heavy atom. The summed E-state index contributed by atoms with van der Waals surface area (Å²) in [5.41, 5.74) is 0. The van der Waals surface area contributed by atoms with E-state index in [1.54, 1.807) is 0 Å². The summed E-state index contributed by atoms with van der Waals surface area (Å²) in [6, 6.07) is -0.993. The van der Waals surface area contributed by atoms with Gasteiger partial charge >= 0.3 is 12.1 Å². The molecule has 19 heavy (non-hydrogen) atoms. The Hall–Kier alpha value is -1.08. The van der Waals surface area contributed by atoms with Crippen LogP contribution in [0, 0.1) is 0 Å². The summed E-state index contributed by atoms with van der Waals surface area (Å²) in [4.78, 5) is 23.1. The minimum absolute atomic E-state index is 0.0162. The molecule has 1 aliphatic heterocycles. The second-order valence-corrected chi connectivity index (χ2v) is 11.3. The molecule has 2 N–H and O–H groups in total. The first-order chi connectivity index (χ1) is 8.45. The average Bonchev–Trinajstić information content (AvgIpc) is 2.59. The Morgan fingerprint density at radius 3 is 2.11 bits per heavy atom. The molecule has 0 radical (unpaired) electrons. The van der Waals surface area contributed by atoms with E-state index in [1.165, 1.54) is 0 Å². The summed E-state index contributed by atoms with van der Waals surface area (Å²) in [7, 11) is -2.01. The quantitative estimate of drug-likeness (QED) is 0.778. The zero-order valence-corrected chi connectivity index (χ0v) is 13.1. The van der Waals surface area contributed by atoms with Crippen LogP contribution in [0.5, 0.6) is 0 Å². The van der Waals surface area contributed by atoms with Crippen LogP contribution >= 0.6 is 0 Å². The van der Waals surface area contributed by atoms with Crippen LogP contribution in [0.15, 0.2) is 0 Å². The predicted molar refractivity (Wildman–Crippen MR) is 72.8 cm³/mol. The van der Waals surface area contributed by atoms with Gasteiger partial charge in [0.25, 0.3) is 0 Å². The maximum absolute atomic E-state index is 11.1. The van der Waals surface area contributed by atoms with Crippen LogP contribution in [0.4, 0.5) is 4.79 Å². The lowest BCUT2D eigenvalue weighted by atomic mass is 10.2. The highest BCUT2D eigenvalue weighted by atomic mass is 28.4. The Bertz CT molecular complexity index is 355. The summed E-state index contributed by atoms with van der Waals surface area (Å²) >= 11 is 0. The van der Waals surface area contributed by atoms with E-state index in [4.69, 9.17) is 14.6 Å². The number of carboxylic acid groups (broad SMARTS) is 2. The molecule has 1 saturated heterocycles. The third-order valence-electron chi connectivity index (χ3n) is 4.06. The monoisotopic (exact) mass is 289 g/mol. The fourth-order valence-electron chi connectivity index (χ4n) is 1.92. The molecule has 0 bridgehead atoms. The Kier molecular flexibility index (Phi) is 4.31. The zero-order chi connectivity index (χ0) is 15.0. The lowest BCUT2D eigenvalue weighted by Crippen LogP contribution is -2.44. The first-order valence-corrected chi connectivity index (χ1v) is 9.26. The van der Waals surface area contributed by atoms with Crippen molar-refractivity contribution in [2.24, 2.45) is 0 Å².